The van der Waals surface area contributed by atoms with Crippen LogP contribution in [0, 0.1) is 5.82 Å². The summed E-state index contributed by atoms with van der Waals surface area (Å²) in [6.07, 6.45) is 1.00. The summed E-state index contributed by atoms with van der Waals surface area (Å²) in [5, 5.41) is 1.16. The molecule has 0 spiro atoms. The number of ether oxygens (including phenoxy) is 1. The van der Waals surface area contributed by atoms with E-state index in [1.807, 2.05) is 6.92 Å². The van der Waals surface area contributed by atoms with E-state index in [1.165, 1.54) is 26.2 Å². The van der Waals surface area contributed by atoms with E-state index in [9.17, 15) is 13.2 Å². The highest BCUT2D eigenvalue weighted by atomic mass is 35.5. The van der Waals surface area contributed by atoms with Crippen LogP contribution in [0.4, 0.5) is 10.2 Å². The molecule has 1 unspecified atom stereocenters. The summed E-state index contributed by atoms with van der Waals surface area (Å²) in [4.78, 5) is 24.3. The van der Waals surface area contributed by atoms with Gasteiger partial charge >= 0.3 is 10.2 Å². The molecule has 3 aromatic rings. The van der Waals surface area contributed by atoms with Crippen molar-refractivity contribution in [1.29, 1.82) is 0 Å². The molecule has 1 aromatic carbocycles. The molecule has 0 aliphatic carbocycles. The first-order valence-corrected chi connectivity index (χ1v) is 15.2. The normalized spacial score (nSPS) is 16.8. The minimum atomic E-state index is -3.72. The van der Waals surface area contributed by atoms with Gasteiger partial charge in [0, 0.05) is 49.9 Å². The fraction of sp³-hybridized carbons (Fsp3) is 0.400. The van der Waals surface area contributed by atoms with E-state index < -0.39 is 22.1 Å². The number of carbonyl (C=O) groups excluding carboxylic acids is 1. The Morgan fingerprint density at radius 3 is 2.77 bits per heavy atom. The van der Waals surface area contributed by atoms with Crippen molar-refractivity contribution < 1.29 is 22.3 Å². The lowest BCUT2D eigenvalue weighted by Gasteiger charge is -2.36. The highest BCUT2D eigenvalue weighted by molar-refractivity contribution is 7.99. The molecule has 0 bridgehead atoms. The number of aromatic nitrogens is 3. The molecule has 0 radical (unpaired) electrons. The third kappa shape index (κ3) is 5.45. The summed E-state index contributed by atoms with van der Waals surface area (Å²) >= 11 is 7.68. The van der Waals surface area contributed by atoms with Gasteiger partial charge in [0.05, 0.1) is 17.1 Å². The Morgan fingerprint density at radius 1 is 1.26 bits per heavy atom. The number of hydrogen-bond acceptors (Lipinski definition) is 7. The van der Waals surface area contributed by atoms with Crippen molar-refractivity contribution in [1.82, 2.24) is 23.7 Å². The molecule has 2 aromatic heterocycles. The molecule has 5 rings (SSSR count). The number of nitrogens with one attached hydrogen (secondary N) is 1. The zero-order valence-electron chi connectivity index (χ0n) is 21.6. The van der Waals surface area contributed by atoms with Crippen LogP contribution >= 0.6 is 23.4 Å². The van der Waals surface area contributed by atoms with Gasteiger partial charge in [0.2, 0.25) is 0 Å². The van der Waals surface area contributed by atoms with E-state index in [2.05, 4.69) is 14.3 Å². The lowest BCUT2D eigenvalue weighted by molar-refractivity contribution is -0.135. The monoisotopic (exact) mass is 594 g/mol. The standard InChI is InChI=1S/C25H28ClFN6O4S2/c1-4-18-20(7-8-21(28-18)30-39(35,36)31(2)3)37-14-22(34)32-10-9-19-24(33-11-12-38-25(33)29-19)23(32)16-6-5-15(26)13-17(16)27/h5-8,13,23H,4,9-12,14H2,1-3H3,(H,28,30). The Labute approximate surface area is 235 Å². The number of nitrogens with zero attached hydrogens (tertiary/aromatic N) is 5. The van der Waals surface area contributed by atoms with Crippen LogP contribution in [0.3, 0.4) is 0 Å². The minimum Gasteiger partial charge on any atom is -0.482 e. The van der Waals surface area contributed by atoms with Crippen molar-refractivity contribution >= 4 is 45.3 Å². The van der Waals surface area contributed by atoms with Crippen LogP contribution < -0.4 is 9.46 Å². The Kier molecular flexibility index (Phi) is 7.77. The molecule has 0 saturated carbocycles. The van der Waals surface area contributed by atoms with Crippen molar-refractivity contribution in [3.63, 3.8) is 0 Å². The minimum absolute atomic E-state index is 0.147. The van der Waals surface area contributed by atoms with Gasteiger partial charge in [-0.05, 0) is 30.7 Å². The van der Waals surface area contributed by atoms with Crippen molar-refractivity contribution in [2.45, 2.75) is 37.5 Å². The van der Waals surface area contributed by atoms with Crippen molar-refractivity contribution in [2.24, 2.45) is 0 Å². The molecule has 39 heavy (non-hydrogen) atoms. The Morgan fingerprint density at radius 2 is 2.05 bits per heavy atom. The molecule has 4 heterocycles. The fourth-order valence-electron chi connectivity index (χ4n) is 4.72. The lowest BCUT2D eigenvalue weighted by atomic mass is 9.94. The summed E-state index contributed by atoms with van der Waals surface area (Å²) < 4.78 is 50.9. The van der Waals surface area contributed by atoms with Crippen molar-refractivity contribution in [2.75, 3.05) is 37.7 Å². The van der Waals surface area contributed by atoms with E-state index >= 15 is 4.39 Å². The number of imidazole rings is 1. The summed E-state index contributed by atoms with van der Waals surface area (Å²) in [6.45, 7) is 2.65. The number of amides is 1. The SMILES string of the molecule is CCc1nc(NS(=O)(=O)N(C)C)ccc1OCC(=O)N1CCc2nc3n(c2C1c1ccc(Cl)cc1F)CCS3. The van der Waals surface area contributed by atoms with Gasteiger partial charge < -0.3 is 14.2 Å². The van der Waals surface area contributed by atoms with Crippen molar-refractivity contribution in [3.8, 4) is 5.75 Å². The van der Waals surface area contributed by atoms with Crippen LogP contribution in [-0.4, -0.2) is 71.1 Å². The fourth-order valence-corrected chi connectivity index (χ4v) is 6.42. The number of thioether (sulfide) groups is 1. The summed E-state index contributed by atoms with van der Waals surface area (Å²) in [7, 11) is -0.895. The number of benzene rings is 1. The first kappa shape index (κ1) is 27.7. The van der Waals surface area contributed by atoms with Gasteiger partial charge in [-0.1, -0.05) is 36.4 Å². The van der Waals surface area contributed by atoms with Gasteiger partial charge in [0.15, 0.2) is 11.8 Å². The zero-order valence-corrected chi connectivity index (χ0v) is 24.0. The average Bonchev–Trinajstić information content (AvgIpc) is 3.48. The molecule has 1 atom stereocenters. The molecule has 1 amide bonds. The van der Waals surface area contributed by atoms with E-state index in [1.54, 1.807) is 34.9 Å². The van der Waals surface area contributed by atoms with E-state index in [0.29, 0.717) is 36.4 Å². The Balaban J connectivity index is 1.40. The average molecular weight is 595 g/mol. The van der Waals surface area contributed by atoms with Gasteiger partial charge in [-0.3, -0.25) is 9.52 Å². The maximum absolute atomic E-state index is 15.2. The predicted molar refractivity (Wildman–Crippen MR) is 147 cm³/mol. The first-order valence-electron chi connectivity index (χ1n) is 12.4. The smallest absolute Gasteiger partial charge is 0.302 e. The number of anilines is 1. The third-order valence-corrected chi connectivity index (χ3v) is 9.28. The summed E-state index contributed by atoms with van der Waals surface area (Å²) in [6, 6.07) is 6.88. The van der Waals surface area contributed by atoms with E-state index in [0.717, 1.165) is 33.1 Å². The number of pyridine rings is 1. The zero-order chi connectivity index (χ0) is 27.9. The lowest BCUT2D eigenvalue weighted by Crippen LogP contribution is -2.44. The number of rotatable bonds is 8. The van der Waals surface area contributed by atoms with Gasteiger partial charge in [-0.2, -0.15) is 12.7 Å². The number of halogens is 2. The second kappa shape index (κ2) is 11.0. The first-order chi connectivity index (χ1) is 18.6. The largest absolute Gasteiger partial charge is 0.482 e. The summed E-state index contributed by atoms with van der Waals surface area (Å²) in [5.41, 5.74) is 2.54. The second-order valence-corrected chi connectivity index (χ2v) is 12.7. The molecule has 208 valence electrons. The number of fused-ring (bicyclic) bond motifs is 3. The maximum Gasteiger partial charge on any atom is 0.302 e. The van der Waals surface area contributed by atoms with Crippen LogP contribution in [0.25, 0.3) is 0 Å². The van der Waals surface area contributed by atoms with Crippen LogP contribution in [0.5, 0.6) is 5.75 Å². The Bertz CT molecular complexity index is 1530. The van der Waals surface area contributed by atoms with E-state index in [4.69, 9.17) is 21.3 Å². The molecular weight excluding hydrogens is 567 g/mol. The topological polar surface area (TPSA) is 110 Å². The quantitative estimate of drug-likeness (QED) is 0.425. The molecule has 14 heteroatoms. The highest BCUT2D eigenvalue weighted by Gasteiger charge is 2.39. The molecule has 0 fully saturated rings. The second-order valence-electron chi connectivity index (χ2n) is 9.30. The maximum atomic E-state index is 15.2. The molecule has 1 N–H and O–H groups in total. The van der Waals surface area contributed by atoms with Crippen LogP contribution in [0.2, 0.25) is 5.02 Å². The molecule has 2 aliphatic rings. The van der Waals surface area contributed by atoms with E-state index in [-0.39, 0.29) is 23.4 Å². The predicted octanol–water partition coefficient (Wildman–Crippen LogP) is 3.51. The molecule has 10 nitrogen and oxygen atoms in total. The molecule has 0 saturated heterocycles. The van der Waals surface area contributed by atoms with Crippen LogP contribution in [-0.2, 0) is 34.4 Å². The van der Waals surface area contributed by atoms with Crippen molar-refractivity contribution in [3.05, 3.63) is 63.8 Å². The Hall–Kier alpha value is -2.87. The van der Waals surface area contributed by atoms with Gasteiger partial charge in [0.25, 0.3) is 5.91 Å². The van der Waals surface area contributed by atoms with Gasteiger partial charge in [-0.15, -0.1) is 0 Å². The molecular formula is C25H28ClFN6O4S2. The number of aryl methyl sites for hydroxylation is 1. The van der Waals surface area contributed by atoms with Gasteiger partial charge in [-0.25, -0.2) is 14.4 Å². The van der Waals surface area contributed by atoms with Gasteiger partial charge in [0.1, 0.15) is 23.4 Å². The molecule has 2 aliphatic heterocycles. The highest BCUT2D eigenvalue weighted by Crippen LogP contribution is 2.41. The van der Waals surface area contributed by atoms with Crippen LogP contribution in [0.15, 0.2) is 35.5 Å². The third-order valence-electron chi connectivity index (χ3n) is 6.66. The van der Waals surface area contributed by atoms with Crippen LogP contribution in [0.1, 0.15) is 35.6 Å². The number of carbonyl (C=O) groups is 1. The summed E-state index contributed by atoms with van der Waals surface area (Å²) in [5.74, 6) is 0.575. The number of hydrogen-bond donors (Lipinski definition) is 1.